The molecule has 4 heteroatoms. The number of hydrogen-bond acceptors (Lipinski definition) is 4. The van der Waals surface area contributed by atoms with Crippen molar-refractivity contribution in [2.75, 3.05) is 13.2 Å². The van der Waals surface area contributed by atoms with Crippen LogP contribution in [-0.4, -0.2) is 31.6 Å². The first-order valence-electron chi connectivity index (χ1n) is 10.0. The summed E-state index contributed by atoms with van der Waals surface area (Å²) in [4.78, 5) is 12.0. The van der Waals surface area contributed by atoms with Gasteiger partial charge in [0.1, 0.15) is 0 Å². The summed E-state index contributed by atoms with van der Waals surface area (Å²) in [6, 6.07) is 10.2. The second-order valence-electron chi connectivity index (χ2n) is 8.27. The summed E-state index contributed by atoms with van der Waals surface area (Å²) in [6.45, 7) is 8.85. The molecule has 150 valence electrons. The molecule has 0 spiro atoms. The Bertz CT molecular complexity index is 582. The van der Waals surface area contributed by atoms with E-state index in [0.29, 0.717) is 13.0 Å². The van der Waals surface area contributed by atoms with Gasteiger partial charge in [-0.1, -0.05) is 49.4 Å². The van der Waals surface area contributed by atoms with Crippen LogP contribution >= 0.6 is 0 Å². The van der Waals surface area contributed by atoms with Crippen LogP contribution in [0, 0.1) is 11.3 Å². The minimum Gasteiger partial charge on any atom is -0.465 e. The summed E-state index contributed by atoms with van der Waals surface area (Å²) in [5.41, 5.74) is 0.679. The van der Waals surface area contributed by atoms with Gasteiger partial charge >= 0.3 is 5.97 Å². The van der Waals surface area contributed by atoms with Crippen LogP contribution in [0.1, 0.15) is 58.9 Å². The van der Waals surface area contributed by atoms with Crippen molar-refractivity contribution in [1.29, 1.82) is 0 Å². The van der Waals surface area contributed by atoms with Crippen molar-refractivity contribution < 1.29 is 19.0 Å². The van der Waals surface area contributed by atoms with Gasteiger partial charge < -0.3 is 14.2 Å². The van der Waals surface area contributed by atoms with Gasteiger partial charge in [0, 0.05) is 18.9 Å². The molecule has 0 aliphatic carbocycles. The summed E-state index contributed by atoms with van der Waals surface area (Å²) in [7, 11) is 0. The van der Waals surface area contributed by atoms with Gasteiger partial charge in [-0.25, -0.2) is 0 Å². The molecule has 0 amide bonds. The van der Waals surface area contributed by atoms with E-state index in [-0.39, 0.29) is 24.3 Å². The Hall–Kier alpha value is -1.65. The lowest BCUT2D eigenvalue weighted by Crippen LogP contribution is -2.33. The van der Waals surface area contributed by atoms with Crippen LogP contribution in [0.5, 0.6) is 0 Å². The molecule has 1 aliphatic rings. The van der Waals surface area contributed by atoms with Gasteiger partial charge in [-0.15, -0.1) is 0 Å². The quantitative estimate of drug-likeness (QED) is 0.585. The Balaban J connectivity index is 1.95. The SMILES string of the molecule is C[C@H](/C=C/c1ccccc1)[C@H](CCOC(=O)C(C)(C)C)OC1CCCCO1. The van der Waals surface area contributed by atoms with Crippen molar-refractivity contribution in [3.63, 3.8) is 0 Å². The number of carbonyl (C=O) groups is 1. The van der Waals surface area contributed by atoms with E-state index in [9.17, 15) is 4.79 Å². The molecule has 1 aliphatic heterocycles. The van der Waals surface area contributed by atoms with Crippen LogP contribution in [0.25, 0.3) is 6.08 Å². The monoisotopic (exact) mass is 374 g/mol. The molecule has 0 aromatic heterocycles. The molecular formula is C23H34O4. The van der Waals surface area contributed by atoms with E-state index in [0.717, 1.165) is 31.4 Å². The topological polar surface area (TPSA) is 44.8 Å². The number of esters is 1. The molecule has 2 rings (SSSR count). The largest absolute Gasteiger partial charge is 0.465 e. The second kappa shape index (κ2) is 10.6. The number of ether oxygens (including phenoxy) is 3. The lowest BCUT2D eigenvalue weighted by atomic mass is 9.97. The maximum atomic E-state index is 12.0. The van der Waals surface area contributed by atoms with Gasteiger partial charge in [0.15, 0.2) is 6.29 Å². The van der Waals surface area contributed by atoms with E-state index in [1.165, 1.54) is 0 Å². The average molecular weight is 375 g/mol. The average Bonchev–Trinajstić information content (AvgIpc) is 2.66. The molecule has 0 N–H and O–H groups in total. The molecule has 0 saturated carbocycles. The summed E-state index contributed by atoms with van der Waals surface area (Å²) < 4.78 is 17.4. The number of hydrogen-bond donors (Lipinski definition) is 0. The van der Waals surface area contributed by atoms with Crippen LogP contribution in [0.4, 0.5) is 0 Å². The molecule has 1 saturated heterocycles. The third-order valence-electron chi connectivity index (χ3n) is 4.69. The fourth-order valence-corrected chi connectivity index (χ4v) is 2.90. The molecule has 0 radical (unpaired) electrons. The van der Waals surface area contributed by atoms with E-state index < -0.39 is 5.41 Å². The van der Waals surface area contributed by atoms with Crippen molar-refractivity contribution in [2.45, 2.75) is 65.8 Å². The fourth-order valence-electron chi connectivity index (χ4n) is 2.90. The molecule has 4 nitrogen and oxygen atoms in total. The smallest absolute Gasteiger partial charge is 0.311 e. The molecule has 27 heavy (non-hydrogen) atoms. The summed E-state index contributed by atoms with van der Waals surface area (Å²) in [5.74, 6) is 0.00622. The second-order valence-corrected chi connectivity index (χ2v) is 8.27. The minimum absolute atomic E-state index is 0.0548. The highest BCUT2D eigenvalue weighted by molar-refractivity contribution is 5.75. The summed E-state index contributed by atoms with van der Waals surface area (Å²) in [6.07, 6.45) is 7.87. The van der Waals surface area contributed by atoms with Gasteiger partial charge in [0.25, 0.3) is 0 Å². The van der Waals surface area contributed by atoms with E-state index in [4.69, 9.17) is 14.2 Å². The fraction of sp³-hybridized carbons (Fsp3) is 0.609. The third-order valence-corrected chi connectivity index (χ3v) is 4.69. The van der Waals surface area contributed by atoms with Crippen LogP contribution in [0.3, 0.4) is 0 Å². The molecule has 0 bridgehead atoms. The van der Waals surface area contributed by atoms with E-state index in [1.54, 1.807) is 0 Å². The van der Waals surface area contributed by atoms with Crippen LogP contribution in [-0.2, 0) is 19.0 Å². The maximum Gasteiger partial charge on any atom is 0.311 e. The van der Waals surface area contributed by atoms with Gasteiger partial charge in [-0.05, 0) is 45.6 Å². The van der Waals surface area contributed by atoms with Gasteiger partial charge in [-0.2, -0.15) is 0 Å². The highest BCUT2D eigenvalue weighted by Gasteiger charge is 2.26. The lowest BCUT2D eigenvalue weighted by molar-refractivity contribution is -0.198. The first-order valence-corrected chi connectivity index (χ1v) is 10.0. The molecule has 1 heterocycles. The zero-order chi connectivity index (χ0) is 19.7. The van der Waals surface area contributed by atoms with E-state index in [2.05, 4.69) is 31.2 Å². The zero-order valence-corrected chi connectivity index (χ0v) is 17.1. The van der Waals surface area contributed by atoms with Crippen LogP contribution in [0.2, 0.25) is 0 Å². The summed E-state index contributed by atoms with van der Waals surface area (Å²) >= 11 is 0. The standard InChI is InChI=1S/C23H34O4/c1-18(13-14-19-10-6-5-7-11-19)20(27-21-12-8-9-16-25-21)15-17-26-22(24)23(2,3)4/h5-7,10-11,13-14,18,20-21H,8-9,12,15-17H2,1-4H3/b14-13+/t18-,20+,21?/m1/s1. The van der Waals surface area contributed by atoms with Crippen molar-refractivity contribution in [3.05, 3.63) is 42.0 Å². The maximum absolute atomic E-state index is 12.0. The van der Waals surface area contributed by atoms with Gasteiger partial charge in [-0.3, -0.25) is 4.79 Å². The van der Waals surface area contributed by atoms with E-state index in [1.807, 2.05) is 39.0 Å². The lowest BCUT2D eigenvalue weighted by Gasteiger charge is -2.30. The molecule has 1 aromatic rings. The Morgan fingerprint density at radius 3 is 2.63 bits per heavy atom. The molecule has 1 unspecified atom stereocenters. The summed E-state index contributed by atoms with van der Waals surface area (Å²) in [5, 5.41) is 0. The third kappa shape index (κ3) is 7.86. The number of rotatable bonds is 8. The molecular weight excluding hydrogens is 340 g/mol. The first kappa shape index (κ1) is 21.6. The van der Waals surface area contributed by atoms with Crippen molar-refractivity contribution >= 4 is 12.0 Å². The molecule has 1 aromatic carbocycles. The highest BCUT2D eigenvalue weighted by atomic mass is 16.7. The number of carbonyl (C=O) groups excluding carboxylic acids is 1. The molecule has 3 atom stereocenters. The van der Waals surface area contributed by atoms with Crippen molar-refractivity contribution in [2.24, 2.45) is 11.3 Å². The van der Waals surface area contributed by atoms with Gasteiger partial charge in [0.2, 0.25) is 0 Å². The normalized spacial score (nSPS) is 20.4. The predicted octanol–water partition coefficient (Wildman–Crippen LogP) is 5.23. The van der Waals surface area contributed by atoms with Crippen molar-refractivity contribution in [3.8, 4) is 0 Å². The Labute approximate surface area is 163 Å². The van der Waals surface area contributed by atoms with Crippen molar-refractivity contribution in [1.82, 2.24) is 0 Å². The Morgan fingerprint density at radius 1 is 1.26 bits per heavy atom. The first-order chi connectivity index (χ1) is 12.9. The predicted molar refractivity (Wildman–Crippen MR) is 108 cm³/mol. The Kier molecular flexibility index (Phi) is 8.52. The van der Waals surface area contributed by atoms with E-state index >= 15 is 0 Å². The Morgan fingerprint density at radius 2 is 2.00 bits per heavy atom. The van der Waals surface area contributed by atoms with Crippen LogP contribution in [0.15, 0.2) is 36.4 Å². The van der Waals surface area contributed by atoms with Crippen LogP contribution < -0.4 is 0 Å². The molecule has 1 fully saturated rings. The van der Waals surface area contributed by atoms with Gasteiger partial charge in [0.05, 0.1) is 18.1 Å². The highest BCUT2D eigenvalue weighted by Crippen LogP contribution is 2.23. The zero-order valence-electron chi connectivity index (χ0n) is 17.1. The minimum atomic E-state index is -0.484. The number of benzene rings is 1.